The fourth-order valence-corrected chi connectivity index (χ4v) is 18.5. The number of amides is 11. The number of rotatable bonds is 34. The molecule has 0 aromatic heterocycles. The van der Waals surface area contributed by atoms with Gasteiger partial charge in [-0.25, -0.2) is 4.79 Å². The fourth-order valence-electron chi connectivity index (χ4n) is 14.6. The van der Waals surface area contributed by atoms with E-state index in [1.54, 1.807) is 102 Å². The Morgan fingerprint density at radius 1 is 0.543 bits per heavy atom. The highest BCUT2D eigenvalue weighted by Crippen LogP contribution is 2.49. The van der Waals surface area contributed by atoms with E-state index in [2.05, 4.69) is 58.5 Å². The first-order chi connectivity index (χ1) is 60.2. The molecule has 0 bridgehead atoms. The number of alkyl carbamates (subject to hydrolysis) is 1. The third kappa shape index (κ3) is 32.4. The van der Waals surface area contributed by atoms with E-state index < -0.39 is 196 Å². The van der Waals surface area contributed by atoms with Crippen LogP contribution < -0.4 is 58.5 Å². The lowest BCUT2D eigenvalue weighted by Gasteiger charge is -2.36. The van der Waals surface area contributed by atoms with Gasteiger partial charge in [0.1, 0.15) is 59.5 Å². The number of allylic oxidation sites excluding steroid dienone is 1. The number of ketones is 1. The van der Waals surface area contributed by atoms with E-state index in [1.165, 1.54) is 32.5 Å². The van der Waals surface area contributed by atoms with Crippen molar-refractivity contribution in [3.05, 3.63) is 221 Å². The maximum absolute atomic E-state index is 15.8. The predicted molar refractivity (Wildman–Crippen MR) is 491 cm³/mol. The molecule has 1 aliphatic carbocycles. The summed E-state index contributed by atoms with van der Waals surface area (Å²) in [6, 6.07) is 38.1. The number of hydrogen-bond acceptors (Lipinski definition) is 21. The van der Waals surface area contributed by atoms with Crippen molar-refractivity contribution < 1.29 is 87.1 Å². The van der Waals surface area contributed by atoms with Gasteiger partial charge in [-0.05, 0) is 144 Å². The van der Waals surface area contributed by atoms with E-state index in [4.69, 9.17) is 9.47 Å². The average molecular weight is 1800 g/mol. The molecular weight excluding hydrogens is 1680 g/mol. The summed E-state index contributed by atoms with van der Waals surface area (Å²) in [4.78, 5) is 193. The van der Waals surface area contributed by atoms with E-state index in [-0.39, 0.29) is 68.7 Å². The molecule has 127 heavy (non-hydrogen) atoms. The average Bonchev–Trinajstić information content (AvgIpc) is 1.12. The predicted octanol–water partition coefficient (Wildman–Crippen LogP) is 7.68. The molecule has 8 rings (SSSR count). The summed E-state index contributed by atoms with van der Waals surface area (Å²) in [5, 5.41) is 62.4. The first-order valence-corrected chi connectivity index (χ1v) is 46.3. The summed E-state index contributed by atoms with van der Waals surface area (Å²) >= 11 is 1.39. The van der Waals surface area contributed by atoms with Crippen molar-refractivity contribution in [1.82, 2.24) is 58.5 Å². The van der Waals surface area contributed by atoms with Gasteiger partial charge in [-0.2, -0.15) is 0 Å². The lowest BCUT2D eigenvalue weighted by Crippen LogP contribution is -2.61. The lowest BCUT2D eigenvalue weighted by molar-refractivity contribution is -0.156. The normalized spacial score (nSPS) is 19.3. The summed E-state index contributed by atoms with van der Waals surface area (Å²) in [6.45, 7) is 18.5. The van der Waals surface area contributed by atoms with Gasteiger partial charge in [0.15, 0.2) is 5.78 Å². The Morgan fingerprint density at radius 3 is 1.62 bits per heavy atom. The second kappa shape index (κ2) is 48.3. The van der Waals surface area contributed by atoms with Gasteiger partial charge in [-0.15, -0.1) is 11.8 Å². The van der Waals surface area contributed by atoms with Crippen LogP contribution in [0, 0.1) is 11.3 Å². The van der Waals surface area contributed by atoms with Crippen LogP contribution in [0.3, 0.4) is 0 Å². The Bertz CT molecular complexity index is 4650. The molecule has 32 heteroatoms. The number of ether oxygens (including phenoxy) is 2. The quantitative estimate of drug-likeness (QED) is 0.00796. The molecule has 0 saturated carbocycles. The summed E-state index contributed by atoms with van der Waals surface area (Å²) in [6.07, 6.45) is -3.14. The number of unbranched alkanes of at least 4 members (excludes halogenated alkanes) is 1. The SMILES string of the molecule is CC(=O)N[C@@H](CSC(c1ccccc1)(c1ccccc1)c1ccccc1)C(=O)N[C@@H](CC(C)(C)C)C(=O)N[C@@H](CC(=O)OC(C)(C)C)C(=O)N[C@H](Cc1ccccc1)C(=O)N[C@H]1CSSC[C@@H](C(=O)N[C@H](CO)[C@@H](C)O)NC(=O)[C@H]([C@@H](C)O)NC(=O)[C@H](CCCCNC(=O)OC(C)(C)C)NC(=O)[C@@H](CC2=CCc3ccccc32)NC(=O)[C@H](Cc2ccccc2)CC1=O. The molecule has 13 atom stereocenters. The number of Topliss-reactive ketones (excluding diaryl/α,β-unsaturated/α-hetero) is 1. The number of aliphatic hydroxyl groups excluding tert-OH is 3. The number of esters is 1. The zero-order valence-electron chi connectivity index (χ0n) is 74.1. The van der Waals surface area contributed by atoms with Crippen LogP contribution in [0.25, 0.3) is 5.57 Å². The van der Waals surface area contributed by atoms with E-state index >= 15 is 33.6 Å². The van der Waals surface area contributed by atoms with Crippen LogP contribution >= 0.6 is 33.3 Å². The first kappa shape index (κ1) is 102. The molecule has 2 aliphatic rings. The van der Waals surface area contributed by atoms with Crippen LogP contribution in [0.4, 0.5) is 4.79 Å². The van der Waals surface area contributed by atoms with Crippen LogP contribution in [0.2, 0.25) is 0 Å². The number of carbonyl (C=O) groups is 13. The maximum atomic E-state index is 15.8. The molecule has 0 spiro atoms. The zero-order chi connectivity index (χ0) is 92.8. The Balaban J connectivity index is 1.17. The summed E-state index contributed by atoms with van der Waals surface area (Å²) in [7, 11) is 1.83. The van der Waals surface area contributed by atoms with Gasteiger partial charge in [0.25, 0.3) is 0 Å². The van der Waals surface area contributed by atoms with Crippen molar-refractivity contribution in [3.8, 4) is 0 Å². The number of fused-ring (bicyclic) bond motifs is 1. The molecule has 1 saturated heterocycles. The Morgan fingerprint density at radius 2 is 1.06 bits per heavy atom. The minimum atomic E-state index is -1.85. The first-order valence-electron chi connectivity index (χ1n) is 42.8. The van der Waals surface area contributed by atoms with Crippen molar-refractivity contribution in [3.63, 3.8) is 0 Å². The van der Waals surface area contributed by atoms with Crippen LogP contribution in [0.15, 0.2) is 182 Å². The van der Waals surface area contributed by atoms with Crippen LogP contribution in [-0.2, 0) is 91.0 Å². The molecule has 0 radical (unpaired) electrons. The summed E-state index contributed by atoms with van der Waals surface area (Å²) in [5.74, 6) is -12.8. The van der Waals surface area contributed by atoms with Gasteiger partial charge in [0.05, 0.1) is 42.1 Å². The smallest absolute Gasteiger partial charge is 0.407 e. The number of nitrogens with one attached hydrogen (secondary N) is 11. The van der Waals surface area contributed by atoms with Crippen LogP contribution in [0.5, 0.6) is 0 Å². The van der Waals surface area contributed by atoms with Gasteiger partial charge < -0.3 is 83.3 Å². The number of thioether (sulfide) groups is 1. The number of hydrogen-bond donors (Lipinski definition) is 14. The fraction of sp³-hybridized carbons (Fsp3) is 0.463. The monoisotopic (exact) mass is 1800 g/mol. The standard InChI is InChI=1S/C95H123N11O18S3/c1-58(108)75(54-107)103-89(120)78-57-127-126-56-76(79(111)51-65(48-61-32-18-13-19-33-61)82(113)99-72(50-64-46-45-63-36-28-29-43-69(63)64)85(116)98-70(83(114)106-81(59(2)109)90(121)105-78)44-30-31-47-96-91(122)124-94(10,11)12)104-84(115)71(49-62-34-20-14-21-35-62)100-86(117)73(52-80(112)123-93(7,8)9)101-87(118)74(53-92(4,5)6)102-88(119)77(97-60(3)110)55-125-95(66-37-22-15-23-38-66,67-39-24-16-25-40-67)68-41-26-17-27-42-68/h13-29,32-43,46,58-59,65,70-78,81,107-109H,30-31,44-45,47-57H2,1-12H3,(H,96,122)(H,97,110)(H,98,116)(H,99,113)(H,100,117)(H,101,118)(H,102,119)(H,103,120)(H,104,115)(H,105,121)(H,106,114)/t58-,59-,65-,70+,71-,72-,73+,74+,75-,76+,77+,78+,81+/m1/s1. The number of aliphatic hydroxyl groups is 3. The van der Waals surface area contributed by atoms with E-state index in [1.807, 2.05) is 142 Å². The largest absolute Gasteiger partial charge is 0.460 e. The molecular formula is C95H123N11O18S3. The highest BCUT2D eigenvalue weighted by Gasteiger charge is 2.43. The molecule has 14 N–H and O–H groups in total. The second-order valence-electron chi connectivity index (χ2n) is 35.1. The molecule has 11 amide bonds. The van der Waals surface area contributed by atoms with E-state index in [0.717, 1.165) is 49.4 Å². The number of carbonyl (C=O) groups excluding carboxylic acids is 13. The minimum absolute atomic E-state index is 0.0413. The third-order valence-electron chi connectivity index (χ3n) is 20.9. The molecule has 6 aromatic rings. The summed E-state index contributed by atoms with van der Waals surface area (Å²) < 4.78 is 10.2. The van der Waals surface area contributed by atoms with E-state index in [9.17, 15) is 44.1 Å². The van der Waals surface area contributed by atoms with Crippen molar-refractivity contribution in [2.45, 2.75) is 236 Å². The zero-order valence-corrected chi connectivity index (χ0v) is 76.6. The Labute approximate surface area is 755 Å². The topological polar surface area (TPSA) is 433 Å². The molecule has 1 aliphatic heterocycles. The second-order valence-corrected chi connectivity index (χ2v) is 38.9. The van der Waals surface area contributed by atoms with Crippen molar-refractivity contribution >= 4 is 116 Å². The van der Waals surface area contributed by atoms with Gasteiger partial charge in [0, 0.05) is 55.9 Å². The van der Waals surface area contributed by atoms with Crippen molar-refractivity contribution in [2.75, 3.05) is 30.4 Å². The Hall–Kier alpha value is -10.9. The lowest BCUT2D eigenvalue weighted by atomic mass is 9.84. The summed E-state index contributed by atoms with van der Waals surface area (Å²) in [5.41, 5.74) is 3.40. The molecule has 1 fully saturated rings. The van der Waals surface area contributed by atoms with Gasteiger partial charge in [0.2, 0.25) is 59.1 Å². The minimum Gasteiger partial charge on any atom is -0.460 e. The highest BCUT2D eigenvalue weighted by molar-refractivity contribution is 8.76. The molecule has 6 aromatic carbocycles. The van der Waals surface area contributed by atoms with E-state index in [0.29, 0.717) is 23.1 Å². The molecule has 684 valence electrons. The highest BCUT2D eigenvalue weighted by atomic mass is 33.1. The molecule has 1 heterocycles. The number of benzene rings is 6. The van der Waals surface area contributed by atoms with Gasteiger partial charge >= 0.3 is 12.1 Å². The third-order valence-corrected chi connectivity index (χ3v) is 25.0. The van der Waals surface area contributed by atoms with Gasteiger partial charge in [-0.3, -0.25) is 57.5 Å². The van der Waals surface area contributed by atoms with Crippen molar-refractivity contribution in [2.24, 2.45) is 11.3 Å². The van der Waals surface area contributed by atoms with Crippen molar-refractivity contribution in [1.29, 1.82) is 0 Å². The molecule has 0 unspecified atom stereocenters. The van der Waals surface area contributed by atoms with Gasteiger partial charge in [-0.1, -0.05) is 224 Å². The van der Waals surface area contributed by atoms with Crippen LogP contribution in [-0.4, -0.2) is 206 Å². The van der Waals surface area contributed by atoms with Crippen LogP contribution in [0.1, 0.15) is 167 Å². The maximum Gasteiger partial charge on any atom is 0.407 e. The Kier molecular flexibility index (Phi) is 38.6. The molecule has 29 nitrogen and oxygen atoms in total.